The van der Waals surface area contributed by atoms with Crippen molar-refractivity contribution in [1.82, 2.24) is 30.1 Å². The lowest BCUT2D eigenvalue weighted by molar-refractivity contribution is 0.215. The molecule has 4 aromatic rings. The van der Waals surface area contributed by atoms with Crippen molar-refractivity contribution in [1.29, 1.82) is 0 Å². The molecule has 0 saturated carbocycles. The zero-order valence-corrected chi connectivity index (χ0v) is 16.5. The van der Waals surface area contributed by atoms with Gasteiger partial charge in [-0.15, -0.1) is 5.10 Å². The summed E-state index contributed by atoms with van der Waals surface area (Å²) >= 11 is 0. The van der Waals surface area contributed by atoms with E-state index in [1.165, 1.54) is 5.56 Å². The molecule has 29 heavy (non-hydrogen) atoms. The molecular formula is C23H24N6. The third kappa shape index (κ3) is 4.55. The van der Waals surface area contributed by atoms with Crippen LogP contribution in [0.4, 0.5) is 0 Å². The molecule has 0 spiro atoms. The Morgan fingerprint density at radius 2 is 1.62 bits per heavy atom. The van der Waals surface area contributed by atoms with E-state index in [9.17, 15) is 0 Å². The maximum atomic E-state index is 4.43. The van der Waals surface area contributed by atoms with Gasteiger partial charge in [0.05, 0.1) is 12.6 Å². The third-order valence-corrected chi connectivity index (χ3v) is 4.98. The summed E-state index contributed by atoms with van der Waals surface area (Å²) < 4.78 is 1.89. The van der Waals surface area contributed by atoms with Crippen LogP contribution in [-0.2, 0) is 13.1 Å². The first-order valence-electron chi connectivity index (χ1n) is 9.83. The van der Waals surface area contributed by atoms with Gasteiger partial charge in [-0.2, -0.15) is 0 Å². The topological polar surface area (TPSA) is 59.7 Å². The summed E-state index contributed by atoms with van der Waals surface area (Å²) in [6, 6.07) is 24.7. The Balaban J connectivity index is 1.71. The van der Waals surface area contributed by atoms with Crippen molar-refractivity contribution in [2.45, 2.75) is 26.1 Å². The minimum absolute atomic E-state index is 0.0902. The largest absolute Gasteiger partial charge is 0.286 e. The van der Waals surface area contributed by atoms with Gasteiger partial charge < -0.3 is 0 Å². The predicted molar refractivity (Wildman–Crippen MR) is 112 cm³/mol. The molecule has 0 amide bonds. The second kappa shape index (κ2) is 9.21. The number of tetrazole rings is 1. The fraction of sp³-hybridized carbons (Fsp3) is 0.217. The number of benzene rings is 2. The molecule has 1 unspecified atom stereocenters. The summed E-state index contributed by atoms with van der Waals surface area (Å²) in [4.78, 5) is 6.72. The van der Waals surface area contributed by atoms with Crippen LogP contribution in [0.1, 0.15) is 35.5 Å². The van der Waals surface area contributed by atoms with Gasteiger partial charge in [-0.25, -0.2) is 4.68 Å². The van der Waals surface area contributed by atoms with Crippen LogP contribution in [0.3, 0.4) is 0 Å². The summed E-state index contributed by atoms with van der Waals surface area (Å²) in [7, 11) is 0. The van der Waals surface area contributed by atoms with Crippen LogP contribution >= 0.6 is 0 Å². The van der Waals surface area contributed by atoms with Crippen molar-refractivity contribution in [2.75, 3.05) is 6.54 Å². The number of aromatic nitrogens is 5. The molecule has 0 aliphatic rings. The molecule has 4 rings (SSSR count). The standard InChI is InChI=1S/C23H24N6/c1-2-28(17-19-10-5-3-6-11-19)22(21-14-9-15-24-16-21)23-25-26-27-29(23)18-20-12-7-4-8-13-20/h3-16,22H,2,17-18H2,1H3. The van der Waals surface area contributed by atoms with Gasteiger partial charge in [0, 0.05) is 18.9 Å². The maximum absolute atomic E-state index is 4.43. The Morgan fingerprint density at radius 1 is 0.897 bits per heavy atom. The third-order valence-electron chi connectivity index (χ3n) is 4.98. The molecule has 0 aliphatic carbocycles. The van der Waals surface area contributed by atoms with E-state index < -0.39 is 0 Å². The highest BCUT2D eigenvalue weighted by atomic mass is 15.5. The van der Waals surface area contributed by atoms with E-state index in [1.54, 1.807) is 6.20 Å². The zero-order valence-electron chi connectivity index (χ0n) is 16.5. The maximum Gasteiger partial charge on any atom is 0.173 e. The molecule has 6 nitrogen and oxygen atoms in total. The highest BCUT2D eigenvalue weighted by molar-refractivity contribution is 5.24. The van der Waals surface area contributed by atoms with Gasteiger partial charge in [0.1, 0.15) is 0 Å². The van der Waals surface area contributed by atoms with E-state index in [0.717, 1.165) is 30.0 Å². The van der Waals surface area contributed by atoms with Gasteiger partial charge in [-0.05, 0) is 39.7 Å². The average Bonchev–Trinajstić information content (AvgIpc) is 3.23. The Labute approximate surface area is 170 Å². The Morgan fingerprint density at radius 3 is 2.28 bits per heavy atom. The van der Waals surface area contributed by atoms with Crippen LogP contribution in [0.15, 0.2) is 85.2 Å². The lowest BCUT2D eigenvalue weighted by Crippen LogP contribution is -2.31. The van der Waals surface area contributed by atoms with Gasteiger partial charge in [0.15, 0.2) is 5.82 Å². The van der Waals surface area contributed by atoms with Crippen LogP contribution in [0.5, 0.6) is 0 Å². The van der Waals surface area contributed by atoms with Crippen LogP contribution in [0.2, 0.25) is 0 Å². The first-order chi connectivity index (χ1) is 14.3. The fourth-order valence-corrected chi connectivity index (χ4v) is 3.54. The summed E-state index contributed by atoms with van der Waals surface area (Å²) in [6.07, 6.45) is 3.70. The summed E-state index contributed by atoms with van der Waals surface area (Å²) in [5.41, 5.74) is 3.50. The molecule has 2 heterocycles. The monoisotopic (exact) mass is 384 g/mol. The molecule has 0 aliphatic heterocycles. The molecule has 0 fully saturated rings. The van der Waals surface area contributed by atoms with Crippen molar-refractivity contribution in [2.24, 2.45) is 0 Å². The molecule has 6 heteroatoms. The predicted octanol–water partition coefficient (Wildman–Crippen LogP) is 3.73. The molecule has 0 bridgehead atoms. The van der Waals surface area contributed by atoms with Crippen LogP contribution in [0, 0.1) is 0 Å². The van der Waals surface area contributed by atoms with E-state index in [4.69, 9.17) is 0 Å². The van der Waals surface area contributed by atoms with Gasteiger partial charge in [-0.3, -0.25) is 9.88 Å². The Kier molecular flexibility index (Phi) is 6.02. The Hall–Kier alpha value is -3.38. The van der Waals surface area contributed by atoms with Crippen molar-refractivity contribution < 1.29 is 0 Å². The number of nitrogens with zero attached hydrogens (tertiary/aromatic N) is 6. The van der Waals surface area contributed by atoms with E-state index in [-0.39, 0.29) is 6.04 Å². The Bertz CT molecular complexity index is 1000. The van der Waals surface area contributed by atoms with E-state index in [2.05, 4.69) is 74.8 Å². The fourth-order valence-electron chi connectivity index (χ4n) is 3.54. The second-order valence-electron chi connectivity index (χ2n) is 6.92. The first kappa shape index (κ1) is 19.0. The van der Waals surface area contributed by atoms with Crippen molar-refractivity contribution in [3.05, 3.63) is 108 Å². The van der Waals surface area contributed by atoms with E-state index in [1.807, 2.05) is 41.2 Å². The quantitative estimate of drug-likeness (QED) is 0.463. The number of hydrogen-bond donors (Lipinski definition) is 0. The average molecular weight is 384 g/mol. The minimum Gasteiger partial charge on any atom is -0.286 e. The zero-order chi connectivity index (χ0) is 19.9. The summed E-state index contributed by atoms with van der Waals surface area (Å²) in [5.74, 6) is 0.819. The number of rotatable bonds is 8. The van der Waals surface area contributed by atoms with Crippen LogP contribution < -0.4 is 0 Å². The van der Waals surface area contributed by atoms with Crippen LogP contribution in [0.25, 0.3) is 0 Å². The molecule has 1 atom stereocenters. The van der Waals surface area contributed by atoms with Crippen molar-refractivity contribution >= 4 is 0 Å². The van der Waals surface area contributed by atoms with Crippen molar-refractivity contribution in [3.8, 4) is 0 Å². The van der Waals surface area contributed by atoms with Gasteiger partial charge >= 0.3 is 0 Å². The summed E-state index contributed by atoms with van der Waals surface area (Å²) in [5, 5.41) is 12.7. The second-order valence-corrected chi connectivity index (χ2v) is 6.92. The number of pyridine rings is 1. The SMILES string of the molecule is CCN(Cc1ccccc1)C(c1cccnc1)c1nnnn1Cc1ccccc1. The summed E-state index contributed by atoms with van der Waals surface area (Å²) in [6.45, 7) is 4.45. The molecule has 2 aromatic carbocycles. The molecule has 0 saturated heterocycles. The smallest absolute Gasteiger partial charge is 0.173 e. The number of hydrogen-bond acceptors (Lipinski definition) is 5. The van der Waals surface area contributed by atoms with E-state index >= 15 is 0 Å². The molecular weight excluding hydrogens is 360 g/mol. The normalized spacial score (nSPS) is 12.2. The molecule has 146 valence electrons. The van der Waals surface area contributed by atoms with Crippen LogP contribution in [-0.4, -0.2) is 36.6 Å². The van der Waals surface area contributed by atoms with Gasteiger partial charge in [-0.1, -0.05) is 73.7 Å². The molecule has 0 radical (unpaired) electrons. The highest BCUT2D eigenvalue weighted by Gasteiger charge is 2.27. The lowest BCUT2D eigenvalue weighted by Gasteiger charge is -2.30. The lowest BCUT2D eigenvalue weighted by atomic mass is 10.0. The molecule has 2 aromatic heterocycles. The van der Waals surface area contributed by atoms with Gasteiger partial charge in [0.2, 0.25) is 0 Å². The first-order valence-corrected chi connectivity index (χ1v) is 9.83. The highest BCUT2D eigenvalue weighted by Crippen LogP contribution is 2.28. The van der Waals surface area contributed by atoms with Crippen molar-refractivity contribution in [3.63, 3.8) is 0 Å². The van der Waals surface area contributed by atoms with Gasteiger partial charge in [0.25, 0.3) is 0 Å². The van der Waals surface area contributed by atoms with E-state index in [0.29, 0.717) is 6.54 Å². The minimum atomic E-state index is -0.0902. The molecule has 0 N–H and O–H groups in total.